The van der Waals surface area contributed by atoms with E-state index in [4.69, 9.17) is 4.74 Å². The SMILES string of the molecule is COc1ccccc1NC(=O)c1cc(Nc2ccccc2)ncn1. The van der Waals surface area contributed by atoms with Crippen LogP contribution in [0.1, 0.15) is 10.5 Å². The fourth-order valence-corrected chi connectivity index (χ4v) is 2.15. The van der Waals surface area contributed by atoms with Gasteiger partial charge < -0.3 is 15.4 Å². The fraction of sp³-hybridized carbons (Fsp3) is 0.0556. The summed E-state index contributed by atoms with van der Waals surface area (Å²) in [6.45, 7) is 0. The van der Waals surface area contributed by atoms with Crippen LogP contribution in [0.2, 0.25) is 0 Å². The highest BCUT2D eigenvalue weighted by atomic mass is 16.5. The predicted molar refractivity (Wildman–Crippen MR) is 92.7 cm³/mol. The number of benzene rings is 2. The molecular weight excluding hydrogens is 304 g/mol. The number of methoxy groups -OCH3 is 1. The zero-order valence-corrected chi connectivity index (χ0v) is 13.1. The number of hydrogen-bond acceptors (Lipinski definition) is 5. The highest BCUT2D eigenvalue weighted by Crippen LogP contribution is 2.23. The number of carbonyl (C=O) groups excluding carboxylic acids is 1. The molecular formula is C18H16N4O2. The lowest BCUT2D eigenvalue weighted by atomic mass is 10.2. The molecule has 2 aromatic carbocycles. The second kappa shape index (κ2) is 7.23. The van der Waals surface area contributed by atoms with Crippen molar-refractivity contribution >= 4 is 23.1 Å². The van der Waals surface area contributed by atoms with Crippen LogP contribution in [0.4, 0.5) is 17.2 Å². The molecule has 3 rings (SSSR count). The number of aromatic nitrogens is 2. The minimum atomic E-state index is -0.335. The Morgan fingerprint density at radius 3 is 2.54 bits per heavy atom. The van der Waals surface area contributed by atoms with E-state index in [9.17, 15) is 4.79 Å². The summed E-state index contributed by atoms with van der Waals surface area (Å²) in [4.78, 5) is 20.6. The predicted octanol–water partition coefficient (Wildman–Crippen LogP) is 3.48. The number of ether oxygens (including phenoxy) is 1. The Hall–Kier alpha value is -3.41. The van der Waals surface area contributed by atoms with Crippen molar-refractivity contribution in [2.24, 2.45) is 0 Å². The van der Waals surface area contributed by atoms with Crippen LogP contribution >= 0.6 is 0 Å². The summed E-state index contributed by atoms with van der Waals surface area (Å²) in [7, 11) is 1.55. The molecule has 120 valence electrons. The van der Waals surface area contributed by atoms with E-state index in [1.807, 2.05) is 42.5 Å². The fourth-order valence-electron chi connectivity index (χ4n) is 2.15. The van der Waals surface area contributed by atoms with Gasteiger partial charge in [0.05, 0.1) is 12.8 Å². The maximum atomic E-state index is 12.4. The third kappa shape index (κ3) is 3.67. The van der Waals surface area contributed by atoms with Crippen molar-refractivity contribution in [3.05, 3.63) is 72.7 Å². The standard InChI is InChI=1S/C18H16N4O2/c1-24-16-10-6-5-9-14(16)22-18(23)15-11-17(20-12-19-15)21-13-7-3-2-4-8-13/h2-12H,1H3,(H,22,23)(H,19,20,21). The van der Waals surface area contributed by atoms with Gasteiger partial charge in [-0.3, -0.25) is 4.79 Å². The molecule has 24 heavy (non-hydrogen) atoms. The van der Waals surface area contributed by atoms with E-state index in [-0.39, 0.29) is 11.6 Å². The molecule has 0 bridgehead atoms. The molecule has 0 aliphatic rings. The first-order chi connectivity index (χ1) is 11.8. The van der Waals surface area contributed by atoms with Crippen LogP contribution in [-0.2, 0) is 0 Å². The van der Waals surface area contributed by atoms with Crippen LogP contribution in [-0.4, -0.2) is 23.0 Å². The molecule has 0 aliphatic heterocycles. The van der Waals surface area contributed by atoms with E-state index >= 15 is 0 Å². The van der Waals surface area contributed by atoms with Gasteiger partial charge in [-0.2, -0.15) is 0 Å². The molecule has 0 saturated carbocycles. The van der Waals surface area contributed by atoms with Crippen molar-refractivity contribution in [2.45, 2.75) is 0 Å². The van der Waals surface area contributed by atoms with Crippen LogP contribution in [0.3, 0.4) is 0 Å². The lowest BCUT2D eigenvalue weighted by molar-refractivity contribution is 0.102. The maximum Gasteiger partial charge on any atom is 0.274 e. The Kier molecular flexibility index (Phi) is 4.67. The van der Waals surface area contributed by atoms with Gasteiger partial charge in [-0.1, -0.05) is 30.3 Å². The molecule has 0 aliphatic carbocycles. The van der Waals surface area contributed by atoms with Crippen molar-refractivity contribution in [3.8, 4) is 5.75 Å². The Balaban J connectivity index is 1.77. The molecule has 6 nitrogen and oxygen atoms in total. The summed E-state index contributed by atoms with van der Waals surface area (Å²) in [6, 6.07) is 18.4. The number of carbonyl (C=O) groups is 1. The first-order valence-electron chi connectivity index (χ1n) is 7.35. The monoisotopic (exact) mass is 320 g/mol. The van der Waals surface area contributed by atoms with Gasteiger partial charge in [-0.25, -0.2) is 9.97 Å². The van der Waals surface area contributed by atoms with Crippen molar-refractivity contribution < 1.29 is 9.53 Å². The molecule has 1 amide bonds. The zero-order chi connectivity index (χ0) is 16.8. The molecule has 3 aromatic rings. The largest absolute Gasteiger partial charge is 0.495 e. The number of para-hydroxylation sites is 3. The van der Waals surface area contributed by atoms with Crippen molar-refractivity contribution in [2.75, 3.05) is 17.7 Å². The average Bonchev–Trinajstić information content (AvgIpc) is 2.63. The van der Waals surface area contributed by atoms with Crippen LogP contribution in [0.5, 0.6) is 5.75 Å². The highest BCUT2D eigenvalue weighted by Gasteiger charge is 2.11. The summed E-state index contributed by atoms with van der Waals surface area (Å²) in [6.07, 6.45) is 1.35. The van der Waals surface area contributed by atoms with E-state index < -0.39 is 0 Å². The minimum absolute atomic E-state index is 0.259. The quantitative estimate of drug-likeness (QED) is 0.752. The second-order valence-corrected chi connectivity index (χ2v) is 4.93. The number of nitrogens with one attached hydrogen (secondary N) is 2. The van der Waals surface area contributed by atoms with Crippen molar-refractivity contribution in [1.29, 1.82) is 0 Å². The van der Waals surface area contributed by atoms with Gasteiger partial charge in [0.1, 0.15) is 23.6 Å². The summed E-state index contributed by atoms with van der Waals surface area (Å²) >= 11 is 0. The normalized spacial score (nSPS) is 10.0. The van der Waals surface area contributed by atoms with Gasteiger partial charge in [0.25, 0.3) is 5.91 Å². The van der Waals surface area contributed by atoms with E-state index in [0.29, 0.717) is 17.3 Å². The number of anilines is 3. The number of rotatable bonds is 5. The van der Waals surface area contributed by atoms with Crippen molar-refractivity contribution in [1.82, 2.24) is 9.97 Å². The van der Waals surface area contributed by atoms with Gasteiger partial charge in [-0.05, 0) is 24.3 Å². The molecule has 0 spiro atoms. The van der Waals surface area contributed by atoms with Gasteiger partial charge in [0.2, 0.25) is 0 Å². The third-order valence-corrected chi connectivity index (χ3v) is 3.30. The Morgan fingerprint density at radius 1 is 1.00 bits per heavy atom. The molecule has 1 heterocycles. The molecule has 0 atom stereocenters. The van der Waals surface area contributed by atoms with Gasteiger partial charge >= 0.3 is 0 Å². The maximum absolute atomic E-state index is 12.4. The number of amides is 1. The summed E-state index contributed by atoms with van der Waals surface area (Å²) in [5.41, 5.74) is 1.72. The topological polar surface area (TPSA) is 76.1 Å². The average molecular weight is 320 g/mol. The Morgan fingerprint density at radius 2 is 1.75 bits per heavy atom. The molecule has 0 radical (unpaired) electrons. The Labute approximate surface area is 139 Å². The first kappa shape index (κ1) is 15.5. The smallest absolute Gasteiger partial charge is 0.274 e. The van der Waals surface area contributed by atoms with E-state index in [0.717, 1.165) is 5.69 Å². The van der Waals surface area contributed by atoms with E-state index in [1.54, 1.807) is 25.3 Å². The second-order valence-electron chi connectivity index (χ2n) is 4.93. The van der Waals surface area contributed by atoms with Crippen LogP contribution in [0.15, 0.2) is 67.0 Å². The number of hydrogen-bond donors (Lipinski definition) is 2. The van der Waals surface area contributed by atoms with Gasteiger partial charge in [0.15, 0.2) is 0 Å². The summed E-state index contributed by atoms with van der Waals surface area (Å²) < 4.78 is 5.22. The zero-order valence-electron chi connectivity index (χ0n) is 13.1. The number of nitrogens with zero attached hydrogens (tertiary/aromatic N) is 2. The van der Waals surface area contributed by atoms with Crippen LogP contribution < -0.4 is 15.4 Å². The van der Waals surface area contributed by atoms with E-state index in [1.165, 1.54) is 6.33 Å². The molecule has 6 heteroatoms. The van der Waals surface area contributed by atoms with Gasteiger partial charge in [0, 0.05) is 11.8 Å². The summed E-state index contributed by atoms with van der Waals surface area (Å²) in [5.74, 6) is 0.793. The molecule has 0 saturated heterocycles. The third-order valence-electron chi connectivity index (χ3n) is 3.30. The minimum Gasteiger partial charge on any atom is -0.495 e. The van der Waals surface area contributed by atoms with Crippen LogP contribution in [0.25, 0.3) is 0 Å². The van der Waals surface area contributed by atoms with Gasteiger partial charge in [-0.15, -0.1) is 0 Å². The first-order valence-corrected chi connectivity index (χ1v) is 7.35. The van der Waals surface area contributed by atoms with E-state index in [2.05, 4.69) is 20.6 Å². The molecule has 0 fully saturated rings. The molecule has 0 unspecified atom stereocenters. The summed E-state index contributed by atoms with van der Waals surface area (Å²) in [5, 5.41) is 5.92. The van der Waals surface area contributed by atoms with Crippen LogP contribution in [0, 0.1) is 0 Å². The molecule has 2 N–H and O–H groups in total. The highest BCUT2D eigenvalue weighted by molar-refractivity contribution is 6.04. The van der Waals surface area contributed by atoms with Crippen molar-refractivity contribution in [3.63, 3.8) is 0 Å². The lowest BCUT2D eigenvalue weighted by Crippen LogP contribution is -2.14. The lowest BCUT2D eigenvalue weighted by Gasteiger charge is -2.10. The molecule has 1 aromatic heterocycles. The Bertz CT molecular complexity index is 837.